The molecule has 112 valence electrons. The molecule has 2 heterocycles. The second-order valence-corrected chi connectivity index (χ2v) is 6.14. The summed E-state index contributed by atoms with van der Waals surface area (Å²) in [5, 5.41) is 4.67. The van der Waals surface area contributed by atoms with Gasteiger partial charge in [0.05, 0.1) is 5.52 Å². The Labute approximate surface area is 127 Å². The molecule has 2 aromatic rings. The van der Waals surface area contributed by atoms with E-state index in [0.717, 1.165) is 12.1 Å². The largest absolute Gasteiger partial charge is 0.316 e. The van der Waals surface area contributed by atoms with E-state index >= 15 is 0 Å². The molecule has 2 unspecified atom stereocenters. The van der Waals surface area contributed by atoms with Crippen LogP contribution in [0.5, 0.6) is 0 Å². The summed E-state index contributed by atoms with van der Waals surface area (Å²) in [6.45, 7) is 4.55. The number of pyridine rings is 1. The van der Waals surface area contributed by atoms with Gasteiger partial charge in [-0.3, -0.25) is 9.88 Å². The zero-order valence-electron chi connectivity index (χ0n) is 13.0. The number of aromatic nitrogens is 1. The molecule has 3 nitrogen and oxygen atoms in total. The molecule has 1 aromatic carbocycles. The molecular formula is C18H25N3. The maximum atomic E-state index is 4.40. The van der Waals surface area contributed by atoms with Gasteiger partial charge in [-0.15, -0.1) is 0 Å². The lowest BCUT2D eigenvalue weighted by atomic mass is 9.95. The maximum Gasteiger partial charge on any atom is 0.0702 e. The average molecular weight is 283 g/mol. The van der Waals surface area contributed by atoms with Gasteiger partial charge in [0.15, 0.2) is 0 Å². The summed E-state index contributed by atoms with van der Waals surface area (Å²) in [5.74, 6) is 0. The van der Waals surface area contributed by atoms with Gasteiger partial charge in [-0.25, -0.2) is 0 Å². The van der Waals surface area contributed by atoms with E-state index in [4.69, 9.17) is 0 Å². The van der Waals surface area contributed by atoms with Crippen LogP contribution in [-0.2, 0) is 6.54 Å². The fraction of sp³-hybridized carbons (Fsp3) is 0.500. The fourth-order valence-corrected chi connectivity index (χ4v) is 3.43. The smallest absolute Gasteiger partial charge is 0.0702 e. The standard InChI is InChI=1S/C18H25N3/c1-14(19-2)18-7-3-4-11-21(18)13-15-8-9-17-16(12-15)6-5-10-20-17/h5-6,8-10,12,14,18-19H,3-4,7,11,13H2,1-2H3. The van der Waals surface area contributed by atoms with E-state index in [1.807, 2.05) is 12.3 Å². The fourth-order valence-electron chi connectivity index (χ4n) is 3.43. The molecule has 0 spiro atoms. The first-order valence-corrected chi connectivity index (χ1v) is 8.03. The highest BCUT2D eigenvalue weighted by Crippen LogP contribution is 2.23. The Morgan fingerprint density at radius 3 is 3.10 bits per heavy atom. The van der Waals surface area contributed by atoms with Crippen molar-refractivity contribution in [1.29, 1.82) is 0 Å². The van der Waals surface area contributed by atoms with Crippen LogP contribution >= 0.6 is 0 Å². The van der Waals surface area contributed by atoms with Crippen LogP contribution in [-0.4, -0.2) is 35.6 Å². The molecule has 1 aliphatic heterocycles. The van der Waals surface area contributed by atoms with Gasteiger partial charge in [-0.1, -0.05) is 18.6 Å². The van der Waals surface area contributed by atoms with Gasteiger partial charge >= 0.3 is 0 Å². The Bertz CT molecular complexity index is 596. The number of likely N-dealkylation sites (tertiary alicyclic amines) is 1. The molecule has 2 atom stereocenters. The lowest BCUT2D eigenvalue weighted by Crippen LogP contribution is -2.49. The third-order valence-corrected chi connectivity index (χ3v) is 4.75. The molecule has 0 radical (unpaired) electrons. The Hall–Kier alpha value is -1.45. The molecule has 0 amide bonds. The van der Waals surface area contributed by atoms with E-state index in [0.29, 0.717) is 12.1 Å². The number of likely N-dealkylation sites (N-methyl/N-ethyl adjacent to an activating group) is 1. The van der Waals surface area contributed by atoms with Gasteiger partial charge in [0, 0.05) is 30.2 Å². The van der Waals surface area contributed by atoms with Crippen LogP contribution in [0.4, 0.5) is 0 Å². The highest BCUT2D eigenvalue weighted by molar-refractivity contribution is 5.78. The Kier molecular flexibility index (Phi) is 4.51. The van der Waals surface area contributed by atoms with Crippen LogP contribution in [0.25, 0.3) is 10.9 Å². The number of nitrogens with one attached hydrogen (secondary N) is 1. The normalized spacial score (nSPS) is 21.5. The first-order valence-electron chi connectivity index (χ1n) is 8.03. The summed E-state index contributed by atoms with van der Waals surface area (Å²) in [7, 11) is 2.07. The number of fused-ring (bicyclic) bond motifs is 1. The molecule has 21 heavy (non-hydrogen) atoms. The summed E-state index contributed by atoms with van der Waals surface area (Å²) < 4.78 is 0. The van der Waals surface area contributed by atoms with Gasteiger partial charge in [0.25, 0.3) is 0 Å². The molecular weight excluding hydrogens is 258 g/mol. The maximum absolute atomic E-state index is 4.40. The monoisotopic (exact) mass is 283 g/mol. The van der Waals surface area contributed by atoms with Crippen LogP contribution < -0.4 is 5.32 Å². The van der Waals surface area contributed by atoms with E-state index in [-0.39, 0.29) is 0 Å². The van der Waals surface area contributed by atoms with Crippen LogP contribution in [0.2, 0.25) is 0 Å². The molecule has 3 heteroatoms. The van der Waals surface area contributed by atoms with E-state index in [1.54, 1.807) is 0 Å². The summed E-state index contributed by atoms with van der Waals surface area (Å²) in [6.07, 6.45) is 5.84. The third-order valence-electron chi connectivity index (χ3n) is 4.75. The van der Waals surface area contributed by atoms with Crippen molar-refractivity contribution in [3.63, 3.8) is 0 Å². The van der Waals surface area contributed by atoms with Gasteiger partial charge < -0.3 is 5.32 Å². The van der Waals surface area contributed by atoms with Crippen molar-refractivity contribution in [2.45, 2.75) is 44.8 Å². The van der Waals surface area contributed by atoms with Crippen molar-refractivity contribution >= 4 is 10.9 Å². The van der Waals surface area contributed by atoms with Crippen LogP contribution in [0, 0.1) is 0 Å². The molecule has 1 aliphatic rings. The van der Waals surface area contributed by atoms with Crippen LogP contribution in [0.15, 0.2) is 36.5 Å². The third kappa shape index (κ3) is 3.25. The lowest BCUT2D eigenvalue weighted by molar-refractivity contribution is 0.114. The van der Waals surface area contributed by atoms with E-state index < -0.39 is 0 Å². The van der Waals surface area contributed by atoms with Gasteiger partial charge in [-0.2, -0.15) is 0 Å². The number of nitrogens with zero attached hydrogens (tertiary/aromatic N) is 2. The molecule has 0 aliphatic carbocycles. The predicted octanol–water partition coefficient (Wildman–Crippen LogP) is 3.20. The molecule has 1 N–H and O–H groups in total. The summed E-state index contributed by atoms with van der Waals surface area (Å²) in [4.78, 5) is 7.04. The first-order chi connectivity index (χ1) is 10.3. The Balaban J connectivity index is 1.79. The van der Waals surface area contributed by atoms with Crippen molar-refractivity contribution in [3.8, 4) is 0 Å². The van der Waals surface area contributed by atoms with Crippen LogP contribution in [0.1, 0.15) is 31.7 Å². The van der Waals surface area contributed by atoms with E-state index in [2.05, 4.69) is 53.4 Å². The van der Waals surface area contributed by atoms with Gasteiger partial charge in [-0.05, 0) is 57.1 Å². The van der Waals surface area contributed by atoms with Crippen molar-refractivity contribution in [2.24, 2.45) is 0 Å². The zero-order chi connectivity index (χ0) is 14.7. The van der Waals surface area contributed by atoms with Gasteiger partial charge in [0.1, 0.15) is 0 Å². The average Bonchev–Trinajstić information content (AvgIpc) is 2.54. The second-order valence-electron chi connectivity index (χ2n) is 6.14. The molecule has 0 saturated carbocycles. The second kappa shape index (κ2) is 6.54. The first kappa shape index (κ1) is 14.5. The van der Waals surface area contributed by atoms with Gasteiger partial charge in [0.2, 0.25) is 0 Å². The predicted molar refractivity (Wildman–Crippen MR) is 88.3 cm³/mol. The highest BCUT2D eigenvalue weighted by Gasteiger charge is 2.26. The number of benzene rings is 1. The van der Waals surface area contributed by atoms with Crippen molar-refractivity contribution < 1.29 is 0 Å². The summed E-state index contributed by atoms with van der Waals surface area (Å²) in [5.41, 5.74) is 2.48. The summed E-state index contributed by atoms with van der Waals surface area (Å²) in [6, 6.07) is 12.0. The minimum atomic E-state index is 0.549. The molecule has 1 aromatic heterocycles. The molecule has 3 rings (SSSR count). The van der Waals surface area contributed by atoms with Crippen LogP contribution in [0.3, 0.4) is 0 Å². The van der Waals surface area contributed by atoms with Crippen molar-refractivity contribution in [1.82, 2.24) is 15.2 Å². The number of piperidine rings is 1. The number of hydrogen-bond donors (Lipinski definition) is 1. The van der Waals surface area contributed by atoms with Crippen molar-refractivity contribution in [2.75, 3.05) is 13.6 Å². The van der Waals surface area contributed by atoms with E-state index in [9.17, 15) is 0 Å². The Morgan fingerprint density at radius 1 is 1.33 bits per heavy atom. The molecule has 1 fully saturated rings. The topological polar surface area (TPSA) is 28.2 Å². The number of hydrogen-bond acceptors (Lipinski definition) is 3. The van der Waals surface area contributed by atoms with E-state index in [1.165, 1.54) is 36.8 Å². The van der Waals surface area contributed by atoms with Crippen molar-refractivity contribution in [3.05, 3.63) is 42.1 Å². The minimum Gasteiger partial charge on any atom is -0.316 e. The Morgan fingerprint density at radius 2 is 2.24 bits per heavy atom. The highest BCUT2D eigenvalue weighted by atomic mass is 15.2. The molecule has 0 bridgehead atoms. The lowest BCUT2D eigenvalue weighted by Gasteiger charge is -2.39. The SMILES string of the molecule is CNC(C)C1CCCCN1Cc1ccc2ncccc2c1. The minimum absolute atomic E-state index is 0.549. The summed E-state index contributed by atoms with van der Waals surface area (Å²) >= 11 is 0. The number of rotatable bonds is 4. The zero-order valence-corrected chi connectivity index (χ0v) is 13.0. The molecule has 1 saturated heterocycles. The quantitative estimate of drug-likeness (QED) is 0.934.